The number of anilines is 1. The molecule has 1 aliphatic carbocycles. The number of halogens is 1. The molecule has 3 heterocycles. The van der Waals surface area contributed by atoms with Crippen molar-refractivity contribution in [2.24, 2.45) is 0 Å². The lowest BCUT2D eigenvalue weighted by molar-refractivity contribution is -0.125. The molecule has 0 unspecified atom stereocenters. The van der Waals surface area contributed by atoms with E-state index in [0.29, 0.717) is 41.4 Å². The normalized spacial score (nSPS) is 18.1. The molecule has 2 amide bonds. The summed E-state index contributed by atoms with van der Waals surface area (Å²) in [5.41, 5.74) is 1.31. The smallest absolute Gasteiger partial charge is 0.252 e. The summed E-state index contributed by atoms with van der Waals surface area (Å²) >= 11 is 8.01. The van der Waals surface area contributed by atoms with Gasteiger partial charge in [-0.3, -0.25) is 14.5 Å². The number of aromatic nitrogens is 2. The summed E-state index contributed by atoms with van der Waals surface area (Å²) in [7, 11) is 1.99. The zero-order valence-electron chi connectivity index (χ0n) is 19.6. The van der Waals surface area contributed by atoms with Gasteiger partial charge in [0.1, 0.15) is 5.69 Å². The van der Waals surface area contributed by atoms with Crippen molar-refractivity contribution >= 4 is 50.8 Å². The van der Waals surface area contributed by atoms with E-state index in [1.165, 1.54) is 0 Å². The summed E-state index contributed by atoms with van der Waals surface area (Å²) in [6.07, 6.45) is 6.44. The highest BCUT2D eigenvalue weighted by atomic mass is 35.5. The number of nitrogens with one attached hydrogen (secondary N) is 3. The average molecular weight is 513 g/mol. The van der Waals surface area contributed by atoms with E-state index in [9.17, 15) is 9.59 Å². The Bertz CT molecular complexity index is 1240. The molecule has 3 N–H and O–H groups in total. The second-order valence-electron chi connectivity index (χ2n) is 9.18. The van der Waals surface area contributed by atoms with Crippen LogP contribution in [0.3, 0.4) is 0 Å². The van der Waals surface area contributed by atoms with Crippen molar-refractivity contribution < 1.29 is 9.59 Å². The second-order valence-corrected chi connectivity index (χ2v) is 10.7. The quantitative estimate of drug-likeness (QED) is 0.376. The second kappa shape index (κ2) is 10.5. The highest BCUT2D eigenvalue weighted by Gasteiger charge is 2.27. The van der Waals surface area contributed by atoms with E-state index < -0.39 is 0 Å². The van der Waals surface area contributed by atoms with E-state index in [0.717, 1.165) is 53.6 Å². The molecule has 1 aromatic carbocycles. The molecule has 0 bridgehead atoms. The number of amides is 2. The third kappa shape index (κ3) is 5.58. The molecule has 2 fully saturated rings. The van der Waals surface area contributed by atoms with Crippen LogP contribution in [0.25, 0.3) is 20.7 Å². The summed E-state index contributed by atoms with van der Waals surface area (Å²) < 4.78 is 1.01. The summed E-state index contributed by atoms with van der Waals surface area (Å²) in [5, 5.41) is 10.7. The molecule has 0 radical (unpaired) electrons. The van der Waals surface area contributed by atoms with Gasteiger partial charge in [0.2, 0.25) is 11.9 Å². The van der Waals surface area contributed by atoms with Crippen molar-refractivity contribution in [2.45, 2.75) is 44.2 Å². The topological polar surface area (TPSA) is 99.3 Å². The molecule has 1 saturated carbocycles. The third-order valence-electron chi connectivity index (χ3n) is 6.46. The van der Waals surface area contributed by atoms with Crippen molar-refractivity contribution in [2.75, 3.05) is 32.0 Å². The van der Waals surface area contributed by atoms with Crippen LogP contribution in [-0.4, -0.2) is 65.4 Å². The number of hydrogen-bond acceptors (Lipinski definition) is 7. The van der Waals surface area contributed by atoms with Gasteiger partial charge in [-0.15, -0.1) is 11.3 Å². The molecule has 184 valence electrons. The molecule has 1 aliphatic heterocycles. The Morgan fingerprint density at radius 2 is 2.09 bits per heavy atom. The SMILES string of the molecule is CN1CCC[C@H]1C(=O)NCCCNc1ncc(Cl)c(-c2cc3c(C(=O)NC4CC4)cccc3s2)n1. The minimum atomic E-state index is -0.0368. The molecule has 0 spiro atoms. The van der Waals surface area contributed by atoms with Gasteiger partial charge >= 0.3 is 0 Å². The lowest BCUT2D eigenvalue weighted by Crippen LogP contribution is -2.41. The van der Waals surface area contributed by atoms with Crippen LogP contribution in [-0.2, 0) is 4.79 Å². The number of hydrogen-bond donors (Lipinski definition) is 3. The van der Waals surface area contributed by atoms with Crippen LogP contribution < -0.4 is 16.0 Å². The van der Waals surface area contributed by atoms with Crippen LogP contribution >= 0.6 is 22.9 Å². The van der Waals surface area contributed by atoms with Crippen LogP contribution in [0, 0.1) is 0 Å². The van der Waals surface area contributed by atoms with Crippen molar-refractivity contribution in [3.63, 3.8) is 0 Å². The predicted molar refractivity (Wildman–Crippen MR) is 140 cm³/mol. The summed E-state index contributed by atoms with van der Waals surface area (Å²) in [4.78, 5) is 36.9. The Morgan fingerprint density at radius 1 is 1.23 bits per heavy atom. The fourth-order valence-electron chi connectivity index (χ4n) is 4.35. The minimum absolute atomic E-state index is 0.00766. The van der Waals surface area contributed by atoms with Crippen molar-refractivity contribution in [3.05, 3.63) is 41.0 Å². The van der Waals surface area contributed by atoms with Crippen molar-refractivity contribution in [3.8, 4) is 10.6 Å². The molecule has 35 heavy (non-hydrogen) atoms. The van der Waals surface area contributed by atoms with Gasteiger partial charge in [-0.2, -0.15) is 0 Å². The first-order valence-corrected chi connectivity index (χ1v) is 13.3. The first kappa shape index (κ1) is 24.0. The van der Waals surface area contributed by atoms with E-state index in [-0.39, 0.29) is 17.9 Å². The fourth-order valence-corrected chi connectivity index (χ4v) is 5.69. The Balaban J connectivity index is 1.22. The molecular weight excluding hydrogens is 484 g/mol. The Labute approximate surface area is 213 Å². The largest absolute Gasteiger partial charge is 0.355 e. The molecule has 5 rings (SSSR count). The summed E-state index contributed by atoms with van der Waals surface area (Å²) in [6.45, 7) is 2.20. The van der Waals surface area contributed by atoms with E-state index in [1.807, 2.05) is 31.3 Å². The molecule has 10 heteroatoms. The monoisotopic (exact) mass is 512 g/mol. The van der Waals surface area contributed by atoms with Crippen LogP contribution in [0.1, 0.15) is 42.5 Å². The maximum Gasteiger partial charge on any atom is 0.252 e. The van der Waals surface area contributed by atoms with Crippen molar-refractivity contribution in [1.82, 2.24) is 25.5 Å². The molecule has 1 atom stereocenters. The van der Waals surface area contributed by atoms with Gasteiger partial charge in [-0.1, -0.05) is 17.7 Å². The zero-order valence-corrected chi connectivity index (χ0v) is 21.2. The minimum Gasteiger partial charge on any atom is -0.355 e. The molecule has 8 nitrogen and oxygen atoms in total. The number of likely N-dealkylation sites (N-methyl/N-ethyl adjacent to an activating group) is 1. The van der Waals surface area contributed by atoms with E-state index in [4.69, 9.17) is 11.6 Å². The highest BCUT2D eigenvalue weighted by molar-refractivity contribution is 7.22. The van der Waals surface area contributed by atoms with Crippen LogP contribution in [0.15, 0.2) is 30.5 Å². The Hall–Kier alpha value is -2.75. The molecular formula is C25H29ClN6O2S. The average Bonchev–Trinajstić information content (AvgIpc) is 3.37. The Kier molecular flexibility index (Phi) is 7.17. The van der Waals surface area contributed by atoms with Gasteiger partial charge in [-0.05, 0) is 63.9 Å². The number of carbonyl (C=O) groups excluding carboxylic acids is 2. The number of carbonyl (C=O) groups is 2. The number of nitrogens with zero attached hydrogens (tertiary/aromatic N) is 3. The van der Waals surface area contributed by atoms with Crippen LogP contribution in [0.4, 0.5) is 5.95 Å². The van der Waals surface area contributed by atoms with Gasteiger partial charge in [0, 0.05) is 34.8 Å². The van der Waals surface area contributed by atoms with E-state index in [1.54, 1.807) is 17.5 Å². The first-order valence-electron chi connectivity index (χ1n) is 12.1. The number of likely N-dealkylation sites (tertiary alicyclic amines) is 1. The first-order chi connectivity index (χ1) is 17.0. The molecule has 1 saturated heterocycles. The van der Waals surface area contributed by atoms with Gasteiger partial charge < -0.3 is 16.0 Å². The van der Waals surface area contributed by atoms with E-state index in [2.05, 4.69) is 30.8 Å². The zero-order chi connectivity index (χ0) is 24.4. The maximum atomic E-state index is 12.7. The Morgan fingerprint density at radius 3 is 2.86 bits per heavy atom. The number of benzene rings is 1. The fraction of sp³-hybridized carbons (Fsp3) is 0.440. The number of fused-ring (bicyclic) bond motifs is 1. The molecule has 2 aliphatic rings. The van der Waals surface area contributed by atoms with Gasteiger partial charge in [0.25, 0.3) is 5.91 Å². The van der Waals surface area contributed by atoms with Crippen LogP contribution in [0.2, 0.25) is 5.02 Å². The lowest BCUT2D eigenvalue weighted by Gasteiger charge is -2.18. The van der Waals surface area contributed by atoms with Gasteiger partial charge in [0.15, 0.2) is 0 Å². The van der Waals surface area contributed by atoms with E-state index >= 15 is 0 Å². The highest BCUT2D eigenvalue weighted by Crippen LogP contribution is 2.37. The molecule has 2 aromatic heterocycles. The summed E-state index contributed by atoms with van der Waals surface area (Å²) in [6, 6.07) is 8.04. The van der Waals surface area contributed by atoms with Crippen LogP contribution in [0.5, 0.6) is 0 Å². The molecule has 3 aromatic rings. The number of rotatable bonds is 9. The predicted octanol–water partition coefficient (Wildman–Crippen LogP) is 3.92. The summed E-state index contributed by atoms with van der Waals surface area (Å²) in [5.74, 6) is 0.547. The van der Waals surface area contributed by atoms with Gasteiger partial charge in [-0.25, -0.2) is 9.97 Å². The standard InChI is InChI=1S/C25H29ClN6O2S/c1-32-12-3-6-19(32)24(34)27-10-4-11-28-25-29-14-18(26)22(31-25)21-13-17-16(5-2-7-20(17)35-21)23(33)30-15-8-9-15/h2,5,7,13-15,19H,3-4,6,8-12H2,1H3,(H,27,34)(H,30,33)(H,28,29,31)/t19-/m0/s1. The van der Waals surface area contributed by atoms with Crippen molar-refractivity contribution in [1.29, 1.82) is 0 Å². The third-order valence-corrected chi connectivity index (χ3v) is 7.84. The number of thiophene rings is 1. The maximum absolute atomic E-state index is 12.7. The lowest BCUT2D eigenvalue weighted by atomic mass is 10.1. The van der Waals surface area contributed by atoms with Gasteiger partial charge in [0.05, 0.1) is 22.1 Å².